The van der Waals surface area contributed by atoms with E-state index in [4.69, 9.17) is 23.7 Å². The Balaban J connectivity index is 3.51. The van der Waals surface area contributed by atoms with E-state index in [1.807, 2.05) is 0 Å². The molecule has 0 fully saturated rings. The van der Waals surface area contributed by atoms with Gasteiger partial charge in [-0.1, -0.05) is 6.58 Å². The van der Waals surface area contributed by atoms with E-state index >= 15 is 0 Å². The number of hydrogen-bond acceptors (Lipinski definition) is 9. The minimum absolute atomic E-state index is 0.0349. The molecule has 0 rings (SSSR count). The summed E-state index contributed by atoms with van der Waals surface area (Å²) in [6, 6.07) is -1.59. The van der Waals surface area contributed by atoms with Crippen LogP contribution in [0.25, 0.3) is 0 Å². The summed E-state index contributed by atoms with van der Waals surface area (Å²) in [5, 5.41) is 4.72. The average Bonchev–Trinajstić information content (AvgIpc) is 2.70. The quantitative estimate of drug-likeness (QED) is 0.125. The van der Waals surface area contributed by atoms with Gasteiger partial charge in [0.15, 0.2) is 0 Å². The number of hydrogen-bond donors (Lipinski definition) is 2. The lowest BCUT2D eigenvalue weighted by atomic mass is 10.2. The molecule has 11 nitrogen and oxygen atoms in total. The van der Waals surface area contributed by atoms with Gasteiger partial charge in [0.2, 0.25) is 12.3 Å². The van der Waals surface area contributed by atoms with Crippen LogP contribution in [-0.4, -0.2) is 89.2 Å². The van der Waals surface area contributed by atoms with Gasteiger partial charge in [0.1, 0.15) is 25.3 Å². The second kappa shape index (κ2) is 17.4. The van der Waals surface area contributed by atoms with Gasteiger partial charge >= 0.3 is 11.9 Å². The second-order valence-corrected chi connectivity index (χ2v) is 6.16. The predicted octanol–water partition coefficient (Wildman–Crippen LogP) is -0.662. The molecule has 0 saturated heterocycles. The fraction of sp³-hybridized carbons (Fsp3) is 0.684. The zero-order valence-electron chi connectivity index (χ0n) is 17.8. The fourth-order valence-corrected chi connectivity index (χ4v) is 1.76. The van der Waals surface area contributed by atoms with Crippen LogP contribution in [0.3, 0.4) is 0 Å². The van der Waals surface area contributed by atoms with Gasteiger partial charge in [-0.15, -0.1) is 0 Å². The number of carbonyl (C=O) groups is 4. The van der Waals surface area contributed by atoms with E-state index in [1.165, 1.54) is 13.8 Å². The Hall–Kier alpha value is -2.50. The molecule has 0 radical (unpaired) electrons. The van der Waals surface area contributed by atoms with Crippen LogP contribution >= 0.6 is 0 Å². The zero-order chi connectivity index (χ0) is 22.8. The highest BCUT2D eigenvalue weighted by Crippen LogP contribution is 1.93. The van der Waals surface area contributed by atoms with Gasteiger partial charge < -0.3 is 34.3 Å². The number of nitrogens with one attached hydrogen (secondary N) is 2. The molecule has 0 unspecified atom stereocenters. The molecule has 0 saturated carbocycles. The summed E-state index contributed by atoms with van der Waals surface area (Å²) in [6.45, 7) is 10.0. The summed E-state index contributed by atoms with van der Waals surface area (Å²) in [6.07, 6.45) is 0.409. The van der Waals surface area contributed by atoms with Crippen molar-refractivity contribution < 1.29 is 42.9 Å². The van der Waals surface area contributed by atoms with Crippen LogP contribution in [0, 0.1) is 0 Å². The van der Waals surface area contributed by atoms with E-state index in [0.29, 0.717) is 38.4 Å². The second-order valence-electron chi connectivity index (χ2n) is 6.16. The molecule has 11 heteroatoms. The first-order chi connectivity index (χ1) is 14.3. The molecule has 2 atom stereocenters. The van der Waals surface area contributed by atoms with E-state index in [0.717, 1.165) is 0 Å². The fourth-order valence-electron chi connectivity index (χ4n) is 1.76. The molecule has 30 heavy (non-hydrogen) atoms. The largest absolute Gasteiger partial charge is 0.462 e. The SMILES string of the molecule is C=C(C)C(=O)OCCOCCOCCOCCOC(=O)[C@H](C)NC(=O)[C@@H](C)NC=O. The minimum Gasteiger partial charge on any atom is -0.462 e. The molecular formula is C19H32N2O9. The third kappa shape index (κ3) is 14.5. The van der Waals surface area contributed by atoms with Crippen molar-refractivity contribution in [2.75, 3.05) is 52.9 Å². The van der Waals surface area contributed by atoms with Crippen molar-refractivity contribution in [3.8, 4) is 0 Å². The molecule has 0 aromatic rings. The van der Waals surface area contributed by atoms with Gasteiger partial charge in [-0.05, 0) is 20.8 Å². The number of carbonyl (C=O) groups excluding carboxylic acids is 4. The molecule has 0 aliphatic carbocycles. The van der Waals surface area contributed by atoms with Crippen molar-refractivity contribution in [2.24, 2.45) is 0 Å². The number of ether oxygens (including phenoxy) is 5. The van der Waals surface area contributed by atoms with Crippen molar-refractivity contribution in [3.63, 3.8) is 0 Å². The first-order valence-electron chi connectivity index (χ1n) is 9.52. The van der Waals surface area contributed by atoms with Crippen LogP contribution in [0.4, 0.5) is 0 Å². The molecule has 2 N–H and O–H groups in total. The molecule has 0 aromatic carbocycles. The number of esters is 2. The monoisotopic (exact) mass is 432 g/mol. The summed E-state index contributed by atoms with van der Waals surface area (Å²) in [5.41, 5.74) is 0.340. The maximum absolute atomic E-state index is 11.8. The average molecular weight is 432 g/mol. The van der Waals surface area contributed by atoms with Crippen molar-refractivity contribution in [1.29, 1.82) is 0 Å². The maximum atomic E-state index is 11.8. The van der Waals surface area contributed by atoms with Gasteiger partial charge in [0, 0.05) is 5.57 Å². The smallest absolute Gasteiger partial charge is 0.333 e. The van der Waals surface area contributed by atoms with E-state index in [2.05, 4.69) is 17.2 Å². The number of amides is 2. The van der Waals surface area contributed by atoms with Crippen LogP contribution in [-0.2, 0) is 42.9 Å². The van der Waals surface area contributed by atoms with Gasteiger partial charge in [-0.3, -0.25) is 9.59 Å². The van der Waals surface area contributed by atoms with Gasteiger partial charge in [0.05, 0.1) is 39.6 Å². The Kier molecular flexibility index (Phi) is 15.9. The van der Waals surface area contributed by atoms with Crippen molar-refractivity contribution in [1.82, 2.24) is 10.6 Å². The standard InChI is InChI=1S/C19H32N2O9/c1-14(2)18(24)29-11-9-27-7-5-26-6-8-28-10-12-30-19(25)16(4)21-17(23)15(3)20-13-22/h13,15-16H,1,5-12H2,2-4H3,(H,20,22)(H,21,23)/t15-,16+/m1/s1. The topological polar surface area (TPSA) is 138 Å². The Labute approximate surface area is 176 Å². The van der Waals surface area contributed by atoms with Crippen LogP contribution in [0.1, 0.15) is 20.8 Å². The van der Waals surface area contributed by atoms with E-state index < -0.39 is 29.9 Å². The molecule has 0 bridgehead atoms. The normalized spacial score (nSPS) is 12.4. The maximum Gasteiger partial charge on any atom is 0.333 e. The van der Waals surface area contributed by atoms with E-state index in [9.17, 15) is 19.2 Å². The van der Waals surface area contributed by atoms with Gasteiger partial charge in [-0.2, -0.15) is 0 Å². The lowest BCUT2D eigenvalue weighted by Gasteiger charge is -2.16. The van der Waals surface area contributed by atoms with Crippen LogP contribution in [0.5, 0.6) is 0 Å². The van der Waals surface area contributed by atoms with Crippen molar-refractivity contribution in [3.05, 3.63) is 12.2 Å². The third-order valence-corrected chi connectivity index (χ3v) is 3.45. The molecule has 172 valence electrons. The Morgan fingerprint density at radius 3 is 1.77 bits per heavy atom. The lowest BCUT2D eigenvalue weighted by Crippen LogP contribution is -2.48. The molecule has 0 spiro atoms. The number of rotatable bonds is 18. The third-order valence-electron chi connectivity index (χ3n) is 3.45. The van der Waals surface area contributed by atoms with Crippen LogP contribution in [0.15, 0.2) is 12.2 Å². The summed E-state index contributed by atoms with van der Waals surface area (Å²) < 4.78 is 25.6. The Morgan fingerprint density at radius 2 is 1.30 bits per heavy atom. The molecule has 0 heterocycles. The summed E-state index contributed by atoms with van der Waals surface area (Å²) in [5.74, 6) is -1.54. The summed E-state index contributed by atoms with van der Waals surface area (Å²) in [4.78, 5) is 44.8. The first-order valence-corrected chi connectivity index (χ1v) is 9.52. The van der Waals surface area contributed by atoms with Gasteiger partial charge in [0.25, 0.3) is 0 Å². The Bertz CT molecular complexity index is 554. The van der Waals surface area contributed by atoms with Crippen molar-refractivity contribution >= 4 is 24.3 Å². The lowest BCUT2D eigenvalue weighted by molar-refractivity contribution is -0.149. The Morgan fingerprint density at radius 1 is 0.833 bits per heavy atom. The highest BCUT2D eigenvalue weighted by molar-refractivity contribution is 5.88. The highest BCUT2D eigenvalue weighted by Gasteiger charge is 2.20. The van der Waals surface area contributed by atoms with Gasteiger partial charge in [-0.25, -0.2) is 9.59 Å². The minimum atomic E-state index is -0.846. The first kappa shape index (κ1) is 27.5. The van der Waals surface area contributed by atoms with Crippen LogP contribution < -0.4 is 10.6 Å². The molecule has 0 aliphatic rings. The van der Waals surface area contributed by atoms with Crippen molar-refractivity contribution in [2.45, 2.75) is 32.9 Å². The molecular weight excluding hydrogens is 400 g/mol. The molecule has 0 aliphatic heterocycles. The van der Waals surface area contributed by atoms with E-state index in [-0.39, 0.29) is 26.4 Å². The summed E-state index contributed by atoms with van der Waals surface area (Å²) >= 11 is 0. The van der Waals surface area contributed by atoms with Crippen LogP contribution in [0.2, 0.25) is 0 Å². The predicted molar refractivity (Wildman–Crippen MR) is 105 cm³/mol. The van der Waals surface area contributed by atoms with E-state index in [1.54, 1.807) is 6.92 Å². The highest BCUT2D eigenvalue weighted by atomic mass is 16.6. The molecule has 0 aromatic heterocycles. The summed E-state index contributed by atoms with van der Waals surface area (Å²) in [7, 11) is 0. The zero-order valence-corrected chi connectivity index (χ0v) is 17.8. The molecule has 2 amide bonds.